The van der Waals surface area contributed by atoms with Gasteiger partial charge < -0.3 is 4.74 Å². The third kappa shape index (κ3) is 3.67. The van der Waals surface area contributed by atoms with Gasteiger partial charge in [-0.2, -0.15) is 0 Å². The lowest BCUT2D eigenvalue weighted by atomic mass is 10.0. The van der Waals surface area contributed by atoms with Crippen molar-refractivity contribution < 1.29 is 13.9 Å². The Hall–Kier alpha value is -1.20. The van der Waals surface area contributed by atoms with E-state index in [-0.39, 0.29) is 12.2 Å². The molecule has 0 amide bonds. The van der Waals surface area contributed by atoms with Gasteiger partial charge in [-0.3, -0.25) is 4.79 Å². The number of ether oxygens (including phenoxy) is 1. The monoisotopic (exact) mass is 400 g/mol. The summed E-state index contributed by atoms with van der Waals surface area (Å²) in [7, 11) is 1.57. The van der Waals surface area contributed by atoms with E-state index in [9.17, 15) is 9.18 Å². The topological polar surface area (TPSA) is 26.3 Å². The Morgan fingerprint density at radius 2 is 1.95 bits per heavy atom. The van der Waals surface area contributed by atoms with E-state index in [0.717, 1.165) is 10.0 Å². The fraction of sp³-hybridized carbons (Fsp3) is 0.133. The second-order valence-corrected chi connectivity index (χ2v) is 5.99. The van der Waals surface area contributed by atoms with E-state index in [4.69, 9.17) is 4.74 Å². The van der Waals surface area contributed by atoms with Gasteiger partial charge in [0, 0.05) is 20.9 Å². The number of halogens is 3. The maximum absolute atomic E-state index is 13.3. The number of methoxy groups -OCH3 is 1. The maximum Gasteiger partial charge on any atom is 0.167 e. The molecule has 0 spiro atoms. The minimum absolute atomic E-state index is 0.154. The molecule has 0 saturated heterocycles. The van der Waals surface area contributed by atoms with Gasteiger partial charge in [0.2, 0.25) is 0 Å². The molecule has 2 aromatic carbocycles. The van der Waals surface area contributed by atoms with Crippen molar-refractivity contribution in [2.24, 2.45) is 0 Å². The van der Waals surface area contributed by atoms with Crippen molar-refractivity contribution >= 4 is 37.6 Å². The van der Waals surface area contributed by atoms with Crippen LogP contribution in [0.25, 0.3) is 0 Å². The lowest BCUT2D eigenvalue weighted by Gasteiger charge is -2.07. The van der Waals surface area contributed by atoms with Crippen molar-refractivity contribution in [3.8, 4) is 5.75 Å². The van der Waals surface area contributed by atoms with E-state index in [2.05, 4.69) is 31.9 Å². The SMILES string of the molecule is COc1ccc(Br)c(CC(=O)c2cc(F)cc(Br)c2)c1. The highest BCUT2D eigenvalue weighted by Crippen LogP contribution is 2.24. The summed E-state index contributed by atoms with van der Waals surface area (Å²) in [5.74, 6) is 0.0861. The van der Waals surface area contributed by atoms with Crippen LogP contribution in [0, 0.1) is 5.82 Å². The standard InChI is InChI=1S/C15H11Br2FO2/c1-20-13-2-3-14(17)9(6-13)7-15(19)10-4-11(16)8-12(18)5-10/h2-6,8H,7H2,1H3. The number of hydrogen-bond donors (Lipinski definition) is 0. The van der Waals surface area contributed by atoms with E-state index in [1.807, 2.05) is 6.07 Å². The molecule has 2 aromatic rings. The van der Waals surface area contributed by atoms with Crippen LogP contribution in [0.2, 0.25) is 0 Å². The zero-order chi connectivity index (χ0) is 14.7. The van der Waals surface area contributed by atoms with Crippen LogP contribution < -0.4 is 4.74 Å². The summed E-state index contributed by atoms with van der Waals surface area (Å²) in [6.07, 6.45) is 0.174. The molecule has 104 valence electrons. The predicted molar refractivity (Wildman–Crippen MR) is 82.8 cm³/mol. The van der Waals surface area contributed by atoms with Crippen LogP contribution in [0.3, 0.4) is 0 Å². The quantitative estimate of drug-likeness (QED) is 0.688. The summed E-state index contributed by atoms with van der Waals surface area (Å²) < 4.78 is 19.8. The molecule has 0 N–H and O–H groups in total. The molecule has 0 radical (unpaired) electrons. The molecule has 0 aliphatic carbocycles. The first-order chi connectivity index (χ1) is 9.49. The first-order valence-corrected chi connectivity index (χ1v) is 7.40. The first-order valence-electron chi connectivity index (χ1n) is 5.81. The van der Waals surface area contributed by atoms with Crippen LogP contribution in [0.1, 0.15) is 15.9 Å². The maximum atomic E-state index is 13.3. The van der Waals surface area contributed by atoms with Crippen molar-refractivity contribution in [1.82, 2.24) is 0 Å². The molecule has 0 aromatic heterocycles. The van der Waals surface area contributed by atoms with Gasteiger partial charge in [0.1, 0.15) is 11.6 Å². The van der Waals surface area contributed by atoms with E-state index in [1.165, 1.54) is 12.1 Å². The molecule has 0 bridgehead atoms. The molecular formula is C15H11Br2FO2. The number of ketones is 1. The van der Waals surface area contributed by atoms with Crippen LogP contribution >= 0.6 is 31.9 Å². The van der Waals surface area contributed by atoms with Gasteiger partial charge in [-0.05, 0) is 42.0 Å². The Bertz CT molecular complexity index is 636. The van der Waals surface area contributed by atoms with E-state index in [0.29, 0.717) is 15.8 Å². The number of rotatable bonds is 4. The van der Waals surface area contributed by atoms with Gasteiger partial charge >= 0.3 is 0 Å². The molecule has 0 atom stereocenters. The molecule has 0 fully saturated rings. The fourth-order valence-corrected chi connectivity index (χ4v) is 2.66. The lowest BCUT2D eigenvalue weighted by Crippen LogP contribution is -2.05. The Morgan fingerprint density at radius 1 is 1.20 bits per heavy atom. The zero-order valence-corrected chi connectivity index (χ0v) is 13.8. The van der Waals surface area contributed by atoms with Gasteiger partial charge in [-0.1, -0.05) is 31.9 Å². The molecule has 2 nitrogen and oxygen atoms in total. The Labute approximate surface area is 133 Å². The highest BCUT2D eigenvalue weighted by Gasteiger charge is 2.12. The Kier molecular flexibility index (Phi) is 4.94. The van der Waals surface area contributed by atoms with Gasteiger partial charge in [-0.15, -0.1) is 0 Å². The summed E-state index contributed by atoms with van der Waals surface area (Å²) in [5.41, 5.74) is 1.14. The summed E-state index contributed by atoms with van der Waals surface area (Å²) in [4.78, 5) is 12.2. The van der Waals surface area contributed by atoms with Crippen molar-refractivity contribution in [3.63, 3.8) is 0 Å². The van der Waals surface area contributed by atoms with E-state index in [1.54, 1.807) is 25.3 Å². The summed E-state index contributed by atoms with van der Waals surface area (Å²) in [6.45, 7) is 0. The molecule has 20 heavy (non-hydrogen) atoms. The average Bonchev–Trinajstić information content (AvgIpc) is 2.40. The van der Waals surface area contributed by atoms with E-state index < -0.39 is 5.82 Å². The minimum atomic E-state index is -0.438. The van der Waals surface area contributed by atoms with Crippen LogP contribution in [0.15, 0.2) is 45.3 Å². The van der Waals surface area contributed by atoms with Crippen molar-refractivity contribution in [2.75, 3.05) is 7.11 Å². The van der Waals surface area contributed by atoms with Crippen LogP contribution in [-0.2, 0) is 6.42 Å². The minimum Gasteiger partial charge on any atom is -0.497 e. The molecule has 5 heteroatoms. The van der Waals surface area contributed by atoms with Crippen molar-refractivity contribution in [1.29, 1.82) is 0 Å². The van der Waals surface area contributed by atoms with Gasteiger partial charge in [0.05, 0.1) is 7.11 Å². The predicted octanol–water partition coefficient (Wildman–Crippen LogP) is 4.78. The number of benzene rings is 2. The second kappa shape index (κ2) is 6.50. The highest BCUT2D eigenvalue weighted by molar-refractivity contribution is 9.10. The Morgan fingerprint density at radius 3 is 2.60 bits per heavy atom. The number of carbonyl (C=O) groups excluding carboxylic acids is 1. The lowest BCUT2D eigenvalue weighted by molar-refractivity contribution is 0.0992. The highest BCUT2D eigenvalue weighted by atomic mass is 79.9. The smallest absolute Gasteiger partial charge is 0.167 e. The molecule has 0 saturated carbocycles. The number of carbonyl (C=O) groups is 1. The molecular weight excluding hydrogens is 391 g/mol. The number of Topliss-reactive ketones (excluding diaryl/α,β-unsaturated/α-hetero) is 1. The molecule has 0 unspecified atom stereocenters. The van der Waals surface area contributed by atoms with Gasteiger partial charge in [0.25, 0.3) is 0 Å². The second-order valence-electron chi connectivity index (χ2n) is 4.22. The third-order valence-electron chi connectivity index (χ3n) is 2.79. The zero-order valence-electron chi connectivity index (χ0n) is 10.6. The molecule has 0 heterocycles. The normalized spacial score (nSPS) is 10.4. The van der Waals surface area contributed by atoms with Crippen LogP contribution in [0.5, 0.6) is 5.75 Å². The summed E-state index contributed by atoms with van der Waals surface area (Å²) in [6, 6.07) is 9.58. The average molecular weight is 402 g/mol. The van der Waals surface area contributed by atoms with E-state index >= 15 is 0 Å². The summed E-state index contributed by atoms with van der Waals surface area (Å²) in [5, 5.41) is 0. The fourth-order valence-electron chi connectivity index (χ4n) is 1.80. The van der Waals surface area contributed by atoms with Crippen molar-refractivity contribution in [2.45, 2.75) is 6.42 Å². The van der Waals surface area contributed by atoms with Gasteiger partial charge in [-0.25, -0.2) is 4.39 Å². The molecule has 0 aliphatic rings. The van der Waals surface area contributed by atoms with Crippen molar-refractivity contribution in [3.05, 3.63) is 62.3 Å². The Balaban J connectivity index is 2.27. The third-order valence-corrected chi connectivity index (χ3v) is 4.02. The molecule has 0 aliphatic heterocycles. The first kappa shape index (κ1) is 15.2. The number of hydrogen-bond acceptors (Lipinski definition) is 2. The largest absolute Gasteiger partial charge is 0.497 e. The molecule has 2 rings (SSSR count). The van der Waals surface area contributed by atoms with Crippen LogP contribution in [-0.4, -0.2) is 12.9 Å². The summed E-state index contributed by atoms with van der Waals surface area (Å²) >= 11 is 6.58. The van der Waals surface area contributed by atoms with Gasteiger partial charge in [0.15, 0.2) is 5.78 Å². The van der Waals surface area contributed by atoms with Crippen LogP contribution in [0.4, 0.5) is 4.39 Å².